The van der Waals surface area contributed by atoms with Crippen LogP contribution in [0.25, 0.3) is 10.2 Å². The van der Waals surface area contributed by atoms with Crippen molar-refractivity contribution in [3.63, 3.8) is 0 Å². The number of ether oxygens (including phenoxy) is 2. The lowest BCUT2D eigenvalue weighted by atomic mass is 9.98. The number of rotatable bonds is 7. The Hall–Kier alpha value is -3.72. The van der Waals surface area contributed by atoms with Crippen LogP contribution < -0.4 is 14.8 Å². The topological polar surface area (TPSA) is 89.5 Å². The number of hydrogen-bond donors (Lipinski definition) is 1. The SMILES string of the molecule is COc1cc2c(cc1OC)CN(C(=O)c1sc3ncnc(NCCc4ccccn4)c3c1C)CC2. The van der Waals surface area contributed by atoms with Crippen LogP contribution in [0.3, 0.4) is 0 Å². The number of hydrogen-bond acceptors (Lipinski definition) is 8. The summed E-state index contributed by atoms with van der Waals surface area (Å²) in [5.74, 6) is 2.16. The second-order valence-electron chi connectivity index (χ2n) is 8.41. The molecule has 8 nitrogen and oxygen atoms in total. The van der Waals surface area contributed by atoms with E-state index >= 15 is 0 Å². The molecule has 1 aliphatic heterocycles. The lowest BCUT2D eigenvalue weighted by molar-refractivity contribution is 0.0739. The molecule has 0 radical (unpaired) electrons. The molecule has 4 aromatic rings. The van der Waals surface area contributed by atoms with Crippen molar-refractivity contribution in [3.05, 3.63) is 70.1 Å². The Labute approximate surface area is 208 Å². The van der Waals surface area contributed by atoms with Crippen LogP contribution in [-0.2, 0) is 19.4 Å². The van der Waals surface area contributed by atoms with E-state index in [2.05, 4.69) is 20.3 Å². The summed E-state index contributed by atoms with van der Waals surface area (Å²) in [6, 6.07) is 9.88. The summed E-state index contributed by atoms with van der Waals surface area (Å²) in [5, 5.41) is 4.32. The standard InChI is InChI=1S/C26H27N5O3S/c1-16-22-24(28-10-7-19-6-4-5-9-27-19)29-15-30-25(22)35-23(16)26(32)31-11-8-17-12-20(33-2)21(34-3)13-18(17)14-31/h4-6,9,12-13,15H,7-8,10-11,14H2,1-3H3,(H,28,29,30). The molecule has 9 heteroatoms. The lowest BCUT2D eigenvalue weighted by Crippen LogP contribution is -2.35. The smallest absolute Gasteiger partial charge is 0.264 e. The fraction of sp³-hybridized carbons (Fsp3) is 0.308. The van der Waals surface area contributed by atoms with Gasteiger partial charge in [0.25, 0.3) is 5.91 Å². The van der Waals surface area contributed by atoms with Crippen molar-refractivity contribution in [2.24, 2.45) is 0 Å². The number of nitrogens with one attached hydrogen (secondary N) is 1. The first-order valence-electron chi connectivity index (χ1n) is 11.5. The highest BCUT2D eigenvalue weighted by molar-refractivity contribution is 7.20. The summed E-state index contributed by atoms with van der Waals surface area (Å²) in [7, 11) is 3.26. The van der Waals surface area contributed by atoms with Gasteiger partial charge in [-0.15, -0.1) is 11.3 Å². The molecule has 5 rings (SSSR count). The highest BCUT2D eigenvalue weighted by Gasteiger charge is 2.27. The van der Waals surface area contributed by atoms with Gasteiger partial charge in [0.15, 0.2) is 11.5 Å². The molecule has 1 aromatic carbocycles. The first-order valence-corrected chi connectivity index (χ1v) is 12.3. The number of aromatic nitrogens is 3. The Morgan fingerprint density at radius 2 is 1.91 bits per heavy atom. The molecule has 0 bridgehead atoms. The predicted molar refractivity (Wildman–Crippen MR) is 137 cm³/mol. The molecule has 0 spiro atoms. The van der Waals surface area contributed by atoms with Gasteiger partial charge < -0.3 is 19.7 Å². The number of thiophene rings is 1. The average Bonchev–Trinajstić information content (AvgIpc) is 3.24. The van der Waals surface area contributed by atoms with E-state index < -0.39 is 0 Å². The molecule has 0 atom stereocenters. The first-order chi connectivity index (χ1) is 17.1. The third-order valence-electron chi connectivity index (χ3n) is 6.33. The van der Waals surface area contributed by atoms with Gasteiger partial charge in [-0.3, -0.25) is 9.78 Å². The first kappa shape index (κ1) is 23.0. The lowest BCUT2D eigenvalue weighted by Gasteiger charge is -2.29. The number of benzene rings is 1. The maximum Gasteiger partial charge on any atom is 0.264 e. The molecule has 180 valence electrons. The molecular weight excluding hydrogens is 462 g/mol. The zero-order chi connectivity index (χ0) is 24.4. The van der Waals surface area contributed by atoms with E-state index in [1.54, 1.807) is 26.7 Å². The minimum absolute atomic E-state index is 0.0189. The van der Waals surface area contributed by atoms with Gasteiger partial charge in [-0.05, 0) is 54.3 Å². The minimum atomic E-state index is 0.0189. The summed E-state index contributed by atoms with van der Waals surface area (Å²) >= 11 is 1.43. The summed E-state index contributed by atoms with van der Waals surface area (Å²) in [5.41, 5.74) is 4.19. The number of aryl methyl sites for hydroxylation is 1. The highest BCUT2D eigenvalue weighted by Crippen LogP contribution is 2.36. The highest BCUT2D eigenvalue weighted by atomic mass is 32.1. The van der Waals surface area contributed by atoms with E-state index in [4.69, 9.17) is 9.47 Å². The van der Waals surface area contributed by atoms with Gasteiger partial charge in [0.1, 0.15) is 17.0 Å². The number of anilines is 1. The minimum Gasteiger partial charge on any atom is -0.493 e. The van der Waals surface area contributed by atoms with E-state index in [0.717, 1.165) is 45.7 Å². The van der Waals surface area contributed by atoms with Crippen molar-refractivity contribution >= 4 is 33.3 Å². The number of fused-ring (bicyclic) bond motifs is 2. The summed E-state index contributed by atoms with van der Waals surface area (Å²) < 4.78 is 10.9. The summed E-state index contributed by atoms with van der Waals surface area (Å²) in [4.78, 5) is 30.3. The quantitative estimate of drug-likeness (QED) is 0.415. The largest absolute Gasteiger partial charge is 0.493 e. The number of amides is 1. The molecule has 4 heterocycles. The van der Waals surface area contributed by atoms with Crippen LogP contribution in [0.5, 0.6) is 11.5 Å². The van der Waals surface area contributed by atoms with Gasteiger partial charge in [-0.25, -0.2) is 9.97 Å². The molecule has 0 fully saturated rings. The molecule has 1 N–H and O–H groups in total. The molecule has 0 unspecified atom stereocenters. The molecular formula is C26H27N5O3S. The number of methoxy groups -OCH3 is 2. The van der Waals surface area contributed by atoms with E-state index in [9.17, 15) is 4.79 Å². The third-order valence-corrected chi connectivity index (χ3v) is 7.51. The van der Waals surface area contributed by atoms with E-state index in [0.29, 0.717) is 36.0 Å². The molecule has 0 saturated heterocycles. The van der Waals surface area contributed by atoms with Crippen molar-refractivity contribution in [2.75, 3.05) is 32.6 Å². The van der Waals surface area contributed by atoms with Gasteiger partial charge >= 0.3 is 0 Å². The maximum absolute atomic E-state index is 13.6. The van der Waals surface area contributed by atoms with E-state index in [-0.39, 0.29) is 5.91 Å². The average molecular weight is 490 g/mol. The number of carbonyl (C=O) groups excluding carboxylic acids is 1. The molecule has 0 saturated carbocycles. The van der Waals surface area contributed by atoms with E-state index in [1.165, 1.54) is 16.9 Å². The second kappa shape index (κ2) is 9.87. The summed E-state index contributed by atoms with van der Waals surface area (Å²) in [6.07, 6.45) is 4.89. The van der Waals surface area contributed by atoms with Crippen molar-refractivity contribution in [1.29, 1.82) is 0 Å². The van der Waals surface area contributed by atoms with Gasteiger partial charge in [-0.2, -0.15) is 0 Å². The fourth-order valence-corrected chi connectivity index (χ4v) is 5.58. The van der Waals surface area contributed by atoms with Gasteiger partial charge in [-0.1, -0.05) is 6.07 Å². The van der Waals surface area contributed by atoms with Crippen molar-refractivity contribution in [2.45, 2.75) is 26.3 Å². The van der Waals surface area contributed by atoms with Crippen LogP contribution in [0.15, 0.2) is 42.9 Å². The number of nitrogens with zero attached hydrogens (tertiary/aromatic N) is 4. The molecule has 3 aromatic heterocycles. The fourth-order valence-electron chi connectivity index (χ4n) is 4.46. The van der Waals surface area contributed by atoms with Gasteiger partial charge in [0.2, 0.25) is 0 Å². The number of pyridine rings is 1. The van der Waals surface area contributed by atoms with Crippen LogP contribution in [0, 0.1) is 6.92 Å². The van der Waals surface area contributed by atoms with Crippen molar-refractivity contribution in [1.82, 2.24) is 19.9 Å². The Balaban J connectivity index is 1.37. The van der Waals surface area contributed by atoms with Crippen LogP contribution in [-0.4, -0.2) is 53.1 Å². The maximum atomic E-state index is 13.6. The number of carbonyl (C=O) groups is 1. The van der Waals surface area contributed by atoms with Crippen LogP contribution >= 0.6 is 11.3 Å². The van der Waals surface area contributed by atoms with Gasteiger partial charge in [0.05, 0.1) is 24.5 Å². The van der Waals surface area contributed by atoms with E-state index in [1.807, 2.05) is 42.2 Å². The summed E-state index contributed by atoms with van der Waals surface area (Å²) in [6.45, 7) is 3.85. The van der Waals surface area contributed by atoms with Gasteiger partial charge in [0, 0.05) is 37.9 Å². The predicted octanol–water partition coefficient (Wildman–Crippen LogP) is 4.27. The normalized spacial score (nSPS) is 12.9. The Morgan fingerprint density at radius 1 is 1.11 bits per heavy atom. The van der Waals surface area contributed by atoms with Crippen molar-refractivity contribution < 1.29 is 14.3 Å². The Morgan fingerprint density at radius 3 is 2.66 bits per heavy atom. The Bertz CT molecular complexity index is 1370. The van der Waals surface area contributed by atoms with Crippen LogP contribution in [0.4, 0.5) is 5.82 Å². The zero-order valence-electron chi connectivity index (χ0n) is 20.0. The molecule has 1 amide bonds. The molecule has 35 heavy (non-hydrogen) atoms. The van der Waals surface area contributed by atoms with Crippen LogP contribution in [0.1, 0.15) is 32.1 Å². The monoisotopic (exact) mass is 489 g/mol. The molecule has 0 aliphatic carbocycles. The molecule has 1 aliphatic rings. The second-order valence-corrected chi connectivity index (χ2v) is 9.41. The Kier molecular flexibility index (Phi) is 6.50. The van der Waals surface area contributed by atoms with Crippen molar-refractivity contribution in [3.8, 4) is 11.5 Å². The third kappa shape index (κ3) is 4.51. The zero-order valence-corrected chi connectivity index (χ0v) is 20.8. The van der Waals surface area contributed by atoms with Crippen LogP contribution in [0.2, 0.25) is 0 Å².